The van der Waals surface area contributed by atoms with E-state index in [1.807, 2.05) is 0 Å². The smallest absolute Gasteiger partial charge is 0.306 e. The van der Waals surface area contributed by atoms with E-state index in [1.54, 1.807) is 0 Å². The van der Waals surface area contributed by atoms with Crippen LogP contribution >= 0.6 is 0 Å². The zero-order valence-corrected chi connectivity index (χ0v) is 50.4. The molecule has 0 radical (unpaired) electrons. The number of rotatable bonds is 63. The molecule has 438 valence electrons. The van der Waals surface area contributed by atoms with Crippen LogP contribution in [0.3, 0.4) is 0 Å². The van der Waals surface area contributed by atoms with Crippen molar-refractivity contribution in [1.82, 2.24) is 0 Å². The van der Waals surface area contributed by atoms with Crippen molar-refractivity contribution < 1.29 is 28.6 Å². The van der Waals surface area contributed by atoms with Gasteiger partial charge in [0.2, 0.25) is 0 Å². The van der Waals surface area contributed by atoms with Gasteiger partial charge in [0.25, 0.3) is 0 Å². The van der Waals surface area contributed by atoms with Crippen LogP contribution in [0.25, 0.3) is 0 Å². The van der Waals surface area contributed by atoms with Crippen molar-refractivity contribution >= 4 is 17.9 Å². The third kappa shape index (κ3) is 61.0. The van der Waals surface area contributed by atoms with Crippen molar-refractivity contribution in [2.75, 3.05) is 13.2 Å². The van der Waals surface area contributed by atoms with Gasteiger partial charge in [-0.15, -0.1) is 0 Å². The van der Waals surface area contributed by atoms with Crippen LogP contribution in [0.4, 0.5) is 0 Å². The molecule has 0 aliphatic carbocycles. The van der Waals surface area contributed by atoms with Crippen LogP contribution in [0.1, 0.15) is 387 Å². The van der Waals surface area contributed by atoms with Gasteiger partial charge < -0.3 is 14.2 Å². The van der Waals surface area contributed by atoms with E-state index in [4.69, 9.17) is 14.2 Å². The zero-order valence-electron chi connectivity index (χ0n) is 50.4. The van der Waals surface area contributed by atoms with E-state index in [1.165, 1.54) is 289 Å². The van der Waals surface area contributed by atoms with Gasteiger partial charge in [-0.2, -0.15) is 0 Å². The van der Waals surface area contributed by atoms with Crippen LogP contribution in [0.2, 0.25) is 0 Å². The summed E-state index contributed by atoms with van der Waals surface area (Å²) >= 11 is 0. The highest BCUT2D eigenvalue weighted by molar-refractivity contribution is 5.71. The molecule has 0 fully saturated rings. The van der Waals surface area contributed by atoms with E-state index < -0.39 is 6.10 Å². The van der Waals surface area contributed by atoms with Crippen LogP contribution in [-0.2, 0) is 28.6 Å². The summed E-state index contributed by atoms with van der Waals surface area (Å²) in [4.78, 5) is 38.3. The third-order valence-corrected chi connectivity index (χ3v) is 15.5. The highest BCUT2D eigenvalue weighted by Gasteiger charge is 2.19. The predicted octanol–water partition coefficient (Wildman–Crippen LogP) is 22.8. The Labute approximate surface area is 462 Å². The molecule has 0 saturated heterocycles. The first kappa shape index (κ1) is 72.2. The maximum absolute atomic E-state index is 12.9. The molecule has 0 aromatic rings. The van der Waals surface area contributed by atoms with E-state index in [0.717, 1.165) is 57.8 Å². The molecule has 1 atom stereocenters. The summed E-state index contributed by atoms with van der Waals surface area (Å²) in [6.45, 7) is 6.71. The highest BCUT2D eigenvalue weighted by Crippen LogP contribution is 2.18. The second-order valence-corrected chi connectivity index (χ2v) is 23.1. The van der Waals surface area contributed by atoms with E-state index in [-0.39, 0.29) is 31.1 Å². The predicted molar refractivity (Wildman–Crippen MR) is 321 cm³/mol. The Hall–Kier alpha value is -1.85. The number of hydrogen-bond acceptors (Lipinski definition) is 6. The van der Waals surface area contributed by atoms with Crippen LogP contribution in [0, 0.1) is 0 Å². The van der Waals surface area contributed by atoms with Gasteiger partial charge in [-0.05, 0) is 44.9 Å². The van der Waals surface area contributed by atoms with E-state index in [9.17, 15) is 14.4 Å². The quantitative estimate of drug-likeness (QED) is 0.0261. The lowest BCUT2D eigenvalue weighted by Gasteiger charge is -2.18. The van der Waals surface area contributed by atoms with Crippen LogP contribution < -0.4 is 0 Å². The summed E-state index contributed by atoms with van der Waals surface area (Å²) in [7, 11) is 0. The van der Waals surface area contributed by atoms with Gasteiger partial charge in [-0.1, -0.05) is 335 Å². The molecule has 0 aliphatic rings. The average molecular weight is 1040 g/mol. The summed E-state index contributed by atoms with van der Waals surface area (Å²) in [5.74, 6) is -0.833. The molecule has 0 aliphatic heterocycles. The molecule has 0 amide bonds. The largest absolute Gasteiger partial charge is 0.462 e. The molecule has 0 aromatic heterocycles. The normalized spacial score (nSPS) is 12.0. The molecule has 0 N–H and O–H groups in total. The molecule has 1 unspecified atom stereocenters. The van der Waals surface area contributed by atoms with Gasteiger partial charge in [0.1, 0.15) is 13.2 Å². The topological polar surface area (TPSA) is 78.9 Å². The first-order valence-corrected chi connectivity index (χ1v) is 33.7. The van der Waals surface area contributed by atoms with Crippen LogP contribution in [-0.4, -0.2) is 37.2 Å². The molecule has 0 aromatic carbocycles. The van der Waals surface area contributed by atoms with Crippen molar-refractivity contribution in [1.29, 1.82) is 0 Å². The number of carbonyl (C=O) groups excluding carboxylic acids is 3. The lowest BCUT2D eigenvalue weighted by molar-refractivity contribution is -0.167. The Bertz CT molecular complexity index is 1150. The van der Waals surface area contributed by atoms with Crippen LogP contribution in [0.5, 0.6) is 0 Å². The molecular weight excluding hydrogens is 913 g/mol. The summed E-state index contributed by atoms with van der Waals surface area (Å²) in [5, 5.41) is 0. The maximum atomic E-state index is 12.9. The fourth-order valence-corrected chi connectivity index (χ4v) is 10.4. The number of allylic oxidation sites excluding steroid dienone is 2. The summed E-state index contributed by atoms with van der Waals surface area (Å²) < 4.78 is 16.9. The highest BCUT2D eigenvalue weighted by atomic mass is 16.6. The van der Waals surface area contributed by atoms with Crippen molar-refractivity contribution in [3.8, 4) is 0 Å². The first-order chi connectivity index (χ1) is 36.5. The van der Waals surface area contributed by atoms with E-state index >= 15 is 0 Å². The molecule has 0 heterocycles. The van der Waals surface area contributed by atoms with Gasteiger partial charge >= 0.3 is 17.9 Å². The number of hydrogen-bond donors (Lipinski definition) is 0. The van der Waals surface area contributed by atoms with Crippen molar-refractivity contribution in [2.24, 2.45) is 0 Å². The molecule has 6 nitrogen and oxygen atoms in total. The number of unbranched alkanes of at least 4 members (excludes halogenated alkanes) is 50. The maximum Gasteiger partial charge on any atom is 0.306 e. The van der Waals surface area contributed by atoms with Crippen LogP contribution in [0.15, 0.2) is 12.2 Å². The molecule has 74 heavy (non-hydrogen) atoms. The van der Waals surface area contributed by atoms with Gasteiger partial charge in [0.05, 0.1) is 0 Å². The zero-order chi connectivity index (χ0) is 53.6. The molecule has 6 heteroatoms. The molecule has 0 saturated carbocycles. The third-order valence-electron chi connectivity index (χ3n) is 15.5. The van der Waals surface area contributed by atoms with Gasteiger partial charge in [0, 0.05) is 19.3 Å². The minimum absolute atomic E-state index is 0.0632. The minimum atomic E-state index is -0.764. The fraction of sp³-hybridized carbons (Fsp3) is 0.926. The Morgan fingerprint density at radius 2 is 0.446 bits per heavy atom. The van der Waals surface area contributed by atoms with Crippen molar-refractivity contribution in [3.05, 3.63) is 12.2 Å². The Morgan fingerprint density at radius 1 is 0.257 bits per heavy atom. The molecular formula is C68H130O6. The lowest BCUT2D eigenvalue weighted by Crippen LogP contribution is -2.30. The second kappa shape index (κ2) is 63.7. The SMILES string of the molecule is CCCCCCCCCC/C=C\CCCCCCCCCCCCCCCC(=O)OCC(COC(=O)CCCCCCCCCCCC)OC(=O)CCCCCCCCCCCCCCCCCCCCCCC. The second-order valence-electron chi connectivity index (χ2n) is 23.1. The van der Waals surface area contributed by atoms with Gasteiger partial charge in [-0.25, -0.2) is 0 Å². The van der Waals surface area contributed by atoms with Crippen molar-refractivity contribution in [3.63, 3.8) is 0 Å². The van der Waals surface area contributed by atoms with Gasteiger partial charge in [-0.3, -0.25) is 14.4 Å². The summed E-state index contributed by atoms with van der Waals surface area (Å²) in [6.07, 6.45) is 75.3. The number of carbonyl (C=O) groups is 3. The first-order valence-electron chi connectivity index (χ1n) is 33.7. The summed E-state index contributed by atoms with van der Waals surface area (Å²) in [6, 6.07) is 0. The fourth-order valence-electron chi connectivity index (χ4n) is 10.4. The number of esters is 3. The molecule has 0 rings (SSSR count). The Kier molecular flexibility index (Phi) is 62.1. The van der Waals surface area contributed by atoms with E-state index in [0.29, 0.717) is 19.3 Å². The molecule has 0 bridgehead atoms. The number of ether oxygens (including phenoxy) is 3. The Morgan fingerprint density at radius 3 is 0.676 bits per heavy atom. The standard InChI is InChI=1S/C68H130O6/c1-4-7-10-13-16-19-22-24-26-28-30-32-33-34-35-37-38-40-42-44-46-49-52-55-58-61-67(70)73-64-65(63-72-66(69)60-57-54-51-48-21-18-15-12-9-6-3)74-68(71)62-59-56-53-50-47-45-43-41-39-36-31-29-27-25-23-20-17-14-11-8-5-2/h28,30,65H,4-27,29,31-64H2,1-3H3/b30-28-. The molecule has 0 spiro atoms. The van der Waals surface area contributed by atoms with Crippen molar-refractivity contribution in [2.45, 2.75) is 393 Å². The average Bonchev–Trinajstić information content (AvgIpc) is 3.40. The summed E-state index contributed by atoms with van der Waals surface area (Å²) in [5.41, 5.74) is 0. The lowest BCUT2D eigenvalue weighted by atomic mass is 10.0. The van der Waals surface area contributed by atoms with E-state index in [2.05, 4.69) is 32.9 Å². The monoisotopic (exact) mass is 1040 g/mol. The van der Waals surface area contributed by atoms with Gasteiger partial charge in [0.15, 0.2) is 6.10 Å². The minimum Gasteiger partial charge on any atom is -0.462 e. The Balaban J connectivity index is 4.15.